The molecule has 2 N–H and O–H groups in total. The van der Waals surface area contributed by atoms with Gasteiger partial charge in [0.15, 0.2) is 0 Å². The predicted octanol–water partition coefficient (Wildman–Crippen LogP) is 1.76. The van der Waals surface area contributed by atoms with E-state index in [1.165, 1.54) is 0 Å². The molecule has 2 amide bonds. The first-order chi connectivity index (χ1) is 10.6. The van der Waals surface area contributed by atoms with E-state index in [4.69, 9.17) is 0 Å². The highest BCUT2D eigenvalue weighted by atomic mass is 16.2. The molecule has 1 aromatic rings. The summed E-state index contributed by atoms with van der Waals surface area (Å²) >= 11 is 0. The third kappa shape index (κ3) is 3.47. The van der Waals surface area contributed by atoms with Crippen molar-refractivity contribution in [2.75, 3.05) is 11.9 Å². The minimum Gasteiger partial charge on any atom is -0.353 e. The fraction of sp³-hybridized carbons (Fsp3) is 0.529. The van der Waals surface area contributed by atoms with Crippen LogP contribution in [-0.2, 0) is 9.59 Å². The van der Waals surface area contributed by atoms with Crippen molar-refractivity contribution in [2.24, 2.45) is 0 Å². The van der Waals surface area contributed by atoms with Gasteiger partial charge in [-0.25, -0.2) is 0 Å². The van der Waals surface area contributed by atoms with Crippen LogP contribution in [0.2, 0.25) is 0 Å². The third-order valence-corrected chi connectivity index (χ3v) is 4.68. The normalized spacial score (nSPS) is 27.4. The van der Waals surface area contributed by atoms with Crippen molar-refractivity contribution in [1.29, 1.82) is 0 Å². The van der Waals surface area contributed by atoms with E-state index in [-0.39, 0.29) is 17.9 Å². The lowest BCUT2D eigenvalue weighted by molar-refractivity contribution is -0.121. The standard InChI is InChI=1S/C17H23N3O2/c1-12(21)18-14-9-15-7-8-16(10-14)20(15)11-17(22)19-13-5-3-2-4-6-13/h2-6,14-16H,7-11H2,1H3,(H,18,21)(H,19,22). The molecule has 0 aliphatic carbocycles. The van der Waals surface area contributed by atoms with Crippen LogP contribution >= 0.6 is 0 Å². The Bertz CT molecular complexity index is 532. The van der Waals surface area contributed by atoms with Crippen LogP contribution in [-0.4, -0.2) is 41.4 Å². The van der Waals surface area contributed by atoms with Crippen LogP contribution in [0.25, 0.3) is 0 Å². The van der Waals surface area contributed by atoms with E-state index in [2.05, 4.69) is 15.5 Å². The molecule has 22 heavy (non-hydrogen) atoms. The van der Waals surface area contributed by atoms with E-state index in [0.29, 0.717) is 18.6 Å². The molecule has 0 saturated carbocycles. The minimum atomic E-state index is 0.0414. The maximum absolute atomic E-state index is 12.2. The second-order valence-electron chi connectivity index (χ2n) is 6.34. The van der Waals surface area contributed by atoms with E-state index < -0.39 is 0 Å². The van der Waals surface area contributed by atoms with Crippen molar-refractivity contribution < 1.29 is 9.59 Å². The average Bonchev–Trinajstić information content (AvgIpc) is 2.70. The summed E-state index contributed by atoms with van der Waals surface area (Å²) in [6.07, 6.45) is 4.15. The number of nitrogens with one attached hydrogen (secondary N) is 2. The molecule has 5 heteroatoms. The Hall–Kier alpha value is -1.88. The molecule has 2 aliphatic rings. The zero-order chi connectivity index (χ0) is 15.5. The molecule has 2 fully saturated rings. The number of piperidine rings is 1. The highest BCUT2D eigenvalue weighted by molar-refractivity contribution is 5.92. The first kappa shape index (κ1) is 15.0. The van der Waals surface area contributed by atoms with Crippen LogP contribution < -0.4 is 10.6 Å². The Labute approximate surface area is 131 Å². The molecule has 5 nitrogen and oxygen atoms in total. The van der Waals surface area contributed by atoms with Crippen molar-refractivity contribution in [2.45, 2.75) is 50.7 Å². The molecule has 2 aliphatic heterocycles. The van der Waals surface area contributed by atoms with E-state index in [0.717, 1.165) is 31.4 Å². The second-order valence-corrected chi connectivity index (χ2v) is 6.34. The molecular weight excluding hydrogens is 278 g/mol. The fourth-order valence-electron chi connectivity index (χ4n) is 3.83. The van der Waals surface area contributed by atoms with Gasteiger partial charge in [0, 0.05) is 30.7 Å². The number of amides is 2. The van der Waals surface area contributed by atoms with Crippen LogP contribution in [0.3, 0.4) is 0 Å². The zero-order valence-electron chi connectivity index (χ0n) is 12.9. The Balaban J connectivity index is 1.55. The lowest BCUT2D eigenvalue weighted by atomic mass is 9.97. The molecule has 2 bridgehead atoms. The molecule has 1 aromatic carbocycles. The largest absolute Gasteiger partial charge is 0.353 e. The summed E-state index contributed by atoms with van der Waals surface area (Å²) < 4.78 is 0. The quantitative estimate of drug-likeness (QED) is 0.891. The van der Waals surface area contributed by atoms with Gasteiger partial charge in [-0.2, -0.15) is 0 Å². The number of rotatable bonds is 4. The lowest BCUT2D eigenvalue weighted by Gasteiger charge is -2.38. The molecule has 0 spiro atoms. The minimum absolute atomic E-state index is 0.0414. The summed E-state index contributed by atoms with van der Waals surface area (Å²) in [6.45, 7) is 2.01. The maximum Gasteiger partial charge on any atom is 0.238 e. The number of para-hydroxylation sites is 1. The topological polar surface area (TPSA) is 61.4 Å². The number of hydrogen-bond acceptors (Lipinski definition) is 3. The number of fused-ring (bicyclic) bond motifs is 2. The molecule has 2 heterocycles. The van der Waals surface area contributed by atoms with Gasteiger partial charge in [-0.1, -0.05) is 18.2 Å². The number of benzene rings is 1. The smallest absolute Gasteiger partial charge is 0.238 e. The molecule has 118 valence electrons. The molecular formula is C17H23N3O2. The zero-order valence-corrected chi connectivity index (χ0v) is 12.9. The Morgan fingerprint density at radius 2 is 1.77 bits per heavy atom. The van der Waals surface area contributed by atoms with Crippen molar-refractivity contribution >= 4 is 17.5 Å². The van der Waals surface area contributed by atoms with Crippen LogP contribution in [0.1, 0.15) is 32.6 Å². The SMILES string of the molecule is CC(=O)NC1CC2CCC(C1)N2CC(=O)Nc1ccccc1. The second kappa shape index (κ2) is 6.48. The number of carbonyl (C=O) groups excluding carboxylic acids is 2. The molecule has 0 radical (unpaired) electrons. The van der Waals surface area contributed by atoms with Gasteiger partial charge in [-0.05, 0) is 37.8 Å². The highest BCUT2D eigenvalue weighted by Gasteiger charge is 2.41. The summed E-state index contributed by atoms with van der Waals surface area (Å²) in [4.78, 5) is 25.8. The average molecular weight is 301 g/mol. The van der Waals surface area contributed by atoms with E-state index in [1.807, 2.05) is 30.3 Å². The summed E-state index contributed by atoms with van der Waals surface area (Å²) in [5, 5.41) is 5.98. The lowest BCUT2D eigenvalue weighted by Crippen LogP contribution is -2.51. The van der Waals surface area contributed by atoms with Crippen LogP contribution in [0, 0.1) is 0 Å². The summed E-state index contributed by atoms with van der Waals surface area (Å²) in [6, 6.07) is 10.7. The third-order valence-electron chi connectivity index (χ3n) is 4.68. The molecule has 3 rings (SSSR count). The van der Waals surface area contributed by atoms with Gasteiger partial charge in [-0.15, -0.1) is 0 Å². The van der Waals surface area contributed by atoms with Gasteiger partial charge in [0.05, 0.1) is 6.54 Å². The van der Waals surface area contributed by atoms with Gasteiger partial charge in [0.2, 0.25) is 11.8 Å². The monoisotopic (exact) mass is 301 g/mol. The van der Waals surface area contributed by atoms with E-state index in [1.54, 1.807) is 6.92 Å². The number of nitrogens with zero attached hydrogens (tertiary/aromatic N) is 1. The summed E-state index contributed by atoms with van der Waals surface area (Å²) in [5.41, 5.74) is 0.841. The molecule has 0 aromatic heterocycles. The predicted molar refractivity (Wildman–Crippen MR) is 85.4 cm³/mol. The van der Waals surface area contributed by atoms with Crippen molar-refractivity contribution in [3.05, 3.63) is 30.3 Å². The Morgan fingerprint density at radius 3 is 2.36 bits per heavy atom. The molecule has 2 atom stereocenters. The summed E-state index contributed by atoms with van der Waals surface area (Å²) in [5.74, 6) is 0.0840. The fourth-order valence-corrected chi connectivity index (χ4v) is 3.83. The van der Waals surface area contributed by atoms with Crippen molar-refractivity contribution in [3.8, 4) is 0 Å². The first-order valence-electron chi connectivity index (χ1n) is 7.99. The van der Waals surface area contributed by atoms with Crippen LogP contribution in [0.5, 0.6) is 0 Å². The number of carbonyl (C=O) groups is 2. The Morgan fingerprint density at radius 1 is 1.14 bits per heavy atom. The van der Waals surface area contributed by atoms with Crippen molar-refractivity contribution in [1.82, 2.24) is 10.2 Å². The number of hydrogen-bond donors (Lipinski definition) is 2. The summed E-state index contributed by atoms with van der Waals surface area (Å²) in [7, 11) is 0. The van der Waals surface area contributed by atoms with Gasteiger partial charge >= 0.3 is 0 Å². The van der Waals surface area contributed by atoms with Gasteiger partial charge in [0.1, 0.15) is 0 Å². The van der Waals surface area contributed by atoms with E-state index >= 15 is 0 Å². The maximum atomic E-state index is 12.2. The molecule has 2 unspecified atom stereocenters. The Kier molecular flexibility index (Phi) is 4.43. The van der Waals surface area contributed by atoms with Gasteiger partial charge < -0.3 is 10.6 Å². The van der Waals surface area contributed by atoms with Crippen molar-refractivity contribution in [3.63, 3.8) is 0 Å². The van der Waals surface area contributed by atoms with Crippen LogP contribution in [0.4, 0.5) is 5.69 Å². The number of anilines is 1. The first-order valence-corrected chi connectivity index (χ1v) is 7.99. The highest BCUT2D eigenvalue weighted by Crippen LogP contribution is 2.35. The van der Waals surface area contributed by atoms with Gasteiger partial charge in [0.25, 0.3) is 0 Å². The molecule has 2 saturated heterocycles. The van der Waals surface area contributed by atoms with Gasteiger partial charge in [-0.3, -0.25) is 14.5 Å². The van der Waals surface area contributed by atoms with E-state index in [9.17, 15) is 9.59 Å². The van der Waals surface area contributed by atoms with Crippen LogP contribution in [0.15, 0.2) is 30.3 Å².